The summed E-state index contributed by atoms with van der Waals surface area (Å²) in [6, 6.07) is 16.2. The van der Waals surface area contributed by atoms with Gasteiger partial charge in [-0.15, -0.1) is 0 Å². The van der Waals surface area contributed by atoms with Crippen molar-refractivity contribution in [3.8, 4) is 5.75 Å². The van der Waals surface area contributed by atoms with E-state index in [0.717, 1.165) is 23.6 Å². The number of hydrogen-bond donors (Lipinski definition) is 1. The molecule has 4 rings (SSSR count). The van der Waals surface area contributed by atoms with Crippen molar-refractivity contribution in [2.45, 2.75) is 32.2 Å². The number of ether oxygens (including phenoxy) is 1. The van der Waals surface area contributed by atoms with Crippen LogP contribution in [0.25, 0.3) is 0 Å². The van der Waals surface area contributed by atoms with Crippen LogP contribution in [0, 0.1) is 10.1 Å². The lowest BCUT2D eigenvalue weighted by Crippen LogP contribution is -2.30. The SMILES string of the molecule is COc1ccc2c(c1)C(CC(=O)c1cccc(NC(=O)c3ccc(Cl)c([N+](=O)[O-])c3)c1)=NC(C)(C)C2. The molecule has 8 nitrogen and oxygen atoms in total. The Labute approximate surface area is 213 Å². The number of halogens is 1. The number of ketones is 1. The van der Waals surface area contributed by atoms with Crippen LogP contribution in [0.15, 0.2) is 65.7 Å². The Hall–Kier alpha value is -4.04. The van der Waals surface area contributed by atoms with Gasteiger partial charge in [0.25, 0.3) is 11.6 Å². The number of carbonyl (C=O) groups excluding carboxylic acids is 2. The van der Waals surface area contributed by atoms with E-state index in [4.69, 9.17) is 21.3 Å². The van der Waals surface area contributed by atoms with Gasteiger partial charge in [0.05, 0.1) is 29.7 Å². The minimum absolute atomic E-state index is 0.0582. The largest absolute Gasteiger partial charge is 0.497 e. The van der Waals surface area contributed by atoms with E-state index in [1.54, 1.807) is 31.4 Å². The molecule has 0 bridgehead atoms. The molecule has 1 N–H and O–H groups in total. The van der Waals surface area contributed by atoms with Crippen LogP contribution < -0.4 is 10.1 Å². The van der Waals surface area contributed by atoms with Crippen LogP contribution >= 0.6 is 11.6 Å². The minimum Gasteiger partial charge on any atom is -0.497 e. The quantitative estimate of drug-likeness (QED) is 0.244. The molecule has 36 heavy (non-hydrogen) atoms. The van der Waals surface area contributed by atoms with Crippen molar-refractivity contribution in [3.05, 3.63) is 98.1 Å². The summed E-state index contributed by atoms with van der Waals surface area (Å²) in [6.07, 6.45) is 0.846. The zero-order chi connectivity index (χ0) is 26.0. The van der Waals surface area contributed by atoms with E-state index in [2.05, 4.69) is 5.32 Å². The van der Waals surface area contributed by atoms with Gasteiger partial charge in [0.15, 0.2) is 5.78 Å². The molecule has 184 valence electrons. The van der Waals surface area contributed by atoms with Crippen LogP contribution in [0.4, 0.5) is 11.4 Å². The van der Waals surface area contributed by atoms with Crippen molar-refractivity contribution in [1.29, 1.82) is 0 Å². The van der Waals surface area contributed by atoms with E-state index >= 15 is 0 Å². The Morgan fingerprint density at radius 2 is 1.89 bits per heavy atom. The topological polar surface area (TPSA) is 111 Å². The summed E-state index contributed by atoms with van der Waals surface area (Å²) >= 11 is 5.83. The number of nitro benzene ring substituents is 1. The number of nitrogens with zero attached hydrogens (tertiary/aromatic N) is 2. The monoisotopic (exact) mass is 505 g/mol. The van der Waals surface area contributed by atoms with E-state index < -0.39 is 10.8 Å². The summed E-state index contributed by atoms with van der Waals surface area (Å²) in [7, 11) is 1.60. The summed E-state index contributed by atoms with van der Waals surface area (Å²) in [5, 5.41) is 13.8. The van der Waals surface area contributed by atoms with Crippen LogP contribution in [0.1, 0.15) is 52.1 Å². The van der Waals surface area contributed by atoms with Gasteiger partial charge in [0.2, 0.25) is 0 Å². The van der Waals surface area contributed by atoms with Gasteiger partial charge in [-0.25, -0.2) is 0 Å². The first-order chi connectivity index (χ1) is 17.1. The summed E-state index contributed by atoms with van der Waals surface area (Å²) in [5.41, 5.74) is 2.87. The second-order valence-corrected chi connectivity index (χ2v) is 9.54. The van der Waals surface area contributed by atoms with E-state index in [1.807, 2.05) is 32.0 Å². The maximum absolute atomic E-state index is 13.2. The first kappa shape index (κ1) is 25.1. The summed E-state index contributed by atoms with van der Waals surface area (Å²) in [4.78, 5) is 41.2. The van der Waals surface area contributed by atoms with Gasteiger partial charge in [0.1, 0.15) is 10.8 Å². The molecule has 3 aromatic rings. The van der Waals surface area contributed by atoms with E-state index in [9.17, 15) is 19.7 Å². The highest BCUT2D eigenvalue weighted by Crippen LogP contribution is 2.31. The standard InChI is InChI=1S/C27H24ClN3O5/c1-27(2)15-18-7-9-20(36-3)13-21(18)23(30-27)14-25(32)16-5-4-6-19(11-16)29-26(33)17-8-10-22(28)24(12-17)31(34)35/h4-13H,14-15H2,1-3H3,(H,29,33). The maximum atomic E-state index is 13.2. The number of benzene rings is 3. The fourth-order valence-electron chi connectivity index (χ4n) is 4.19. The number of carbonyl (C=O) groups is 2. The van der Waals surface area contributed by atoms with Crippen molar-refractivity contribution in [3.63, 3.8) is 0 Å². The fraction of sp³-hybridized carbons (Fsp3) is 0.222. The van der Waals surface area contributed by atoms with Gasteiger partial charge in [-0.05, 0) is 62.2 Å². The molecule has 0 spiro atoms. The average Bonchev–Trinajstić information content (AvgIpc) is 2.83. The maximum Gasteiger partial charge on any atom is 0.288 e. The third-order valence-corrected chi connectivity index (χ3v) is 6.18. The van der Waals surface area contributed by atoms with Gasteiger partial charge in [-0.2, -0.15) is 0 Å². The molecule has 0 atom stereocenters. The van der Waals surface area contributed by atoms with E-state index in [0.29, 0.717) is 22.7 Å². The molecule has 3 aromatic carbocycles. The van der Waals surface area contributed by atoms with Crippen LogP contribution in [0.3, 0.4) is 0 Å². The van der Waals surface area contributed by atoms with Crippen molar-refractivity contribution in [2.24, 2.45) is 4.99 Å². The number of aliphatic imine (C=N–C) groups is 1. The molecule has 0 fully saturated rings. The molecule has 1 amide bonds. The third-order valence-electron chi connectivity index (χ3n) is 5.86. The Balaban J connectivity index is 1.55. The van der Waals surface area contributed by atoms with Gasteiger partial charge >= 0.3 is 0 Å². The Morgan fingerprint density at radius 1 is 1.11 bits per heavy atom. The smallest absolute Gasteiger partial charge is 0.288 e. The van der Waals surface area contributed by atoms with Crippen LogP contribution in [0.2, 0.25) is 5.02 Å². The van der Waals surface area contributed by atoms with Gasteiger partial charge in [-0.3, -0.25) is 24.7 Å². The third kappa shape index (κ3) is 5.44. The fourth-order valence-corrected chi connectivity index (χ4v) is 4.38. The number of rotatable bonds is 7. The van der Waals surface area contributed by atoms with Gasteiger partial charge in [0, 0.05) is 28.4 Å². The predicted molar refractivity (Wildman–Crippen MR) is 139 cm³/mol. The molecule has 1 aliphatic rings. The second-order valence-electron chi connectivity index (χ2n) is 9.13. The Morgan fingerprint density at radius 3 is 2.61 bits per heavy atom. The number of methoxy groups -OCH3 is 1. The number of fused-ring (bicyclic) bond motifs is 1. The molecule has 0 saturated carbocycles. The lowest BCUT2D eigenvalue weighted by molar-refractivity contribution is -0.384. The van der Waals surface area contributed by atoms with E-state index in [-0.39, 0.29) is 34.0 Å². The molecular weight excluding hydrogens is 482 g/mol. The lowest BCUT2D eigenvalue weighted by atomic mass is 9.85. The number of nitrogens with one attached hydrogen (secondary N) is 1. The highest BCUT2D eigenvalue weighted by Gasteiger charge is 2.28. The van der Waals surface area contributed by atoms with Crippen molar-refractivity contribution in [1.82, 2.24) is 0 Å². The number of hydrogen-bond acceptors (Lipinski definition) is 6. The average molecular weight is 506 g/mol. The van der Waals surface area contributed by atoms with Gasteiger partial charge < -0.3 is 10.1 Å². The summed E-state index contributed by atoms with van der Waals surface area (Å²) < 4.78 is 5.36. The molecule has 0 aromatic heterocycles. The summed E-state index contributed by atoms with van der Waals surface area (Å²) in [6.45, 7) is 4.06. The van der Waals surface area contributed by atoms with Crippen LogP contribution in [-0.2, 0) is 6.42 Å². The second kappa shape index (κ2) is 9.91. The number of anilines is 1. The molecule has 1 aliphatic heterocycles. The van der Waals surface area contributed by atoms with Crippen molar-refractivity contribution >= 4 is 40.4 Å². The molecule has 0 saturated heterocycles. The Kier molecular flexibility index (Phi) is 6.90. The number of Topliss-reactive ketones (excluding diaryl/α,β-unsaturated/α-hetero) is 1. The molecule has 0 unspecified atom stereocenters. The van der Waals surface area contributed by atoms with Crippen molar-refractivity contribution in [2.75, 3.05) is 12.4 Å². The molecule has 0 radical (unpaired) electrons. The first-order valence-electron chi connectivity index (χ1n) is 11.2. The zero-order valence-electron chi connectivity index (χ0n) is 20.0. The molecular formula is C27H24ClN3O5. The Bertz CT molecular complexity index is 1410. The highest BCUT2D eigenvalue weighted by molar-refractivity contribution is 6.32. The van der Waals surface area contributed by atoms with Gasteiger partial charge in [-0.1, -0.05) is 29.8 Å². The predicted octanol–water partition coefficient (Wildman–Crippen LogP) is 5.91. The first-order valence-corrected chi connectivity index (χ1v) is 11.6. The number of nitro groups is 1. The van der Waals surface area contributed by atoms with Crippen molar-refractivity contribution < 1.29 is 19.2 Å². The number of amides is 1. The minimum atomic E-state index is -0.651. The normalized spacial score (nSPS) is 13.8. The van der Waals surface area contributed by atoms with Crippen LogP contribution in [0.5, 0.6) is 5.75 Å². The highest BCUT2D eigenvalue weighted by atomic mass is 35.5. The summed E-state index contributed by atoms with van der Waals surface area (Å²) in [5.74, 6) is -0.0157. The molecule has 1 heterocycles. The lowest BCUT2D eigenvalue weighted by Gasteiger charge is -2.29. The van der Waals surface area contributed by atoms with E-state index in [1.165, 1.54) is 12.1 Å². The van der Waals surface area contributed by atoms with Crippen LogP contribution in [-0.4, -0.2) is 35.0 Å². The molecule has 9 heteroatoms. The molecule has 0 aliphatic carbocycles. The zero-order valence-corrected chi connectivity index (χ0v) is 20.8.